The zero-order chi connectivity index (χ0) is 14.7. The third kappa shape index (κ3) is 2.91. The normalized spacial score (nSPS) is 21.2. The molecule has 2 atom stereocenters. The minimum atomic E-state index is -0.934. The van der Waals surface area contributed by atoms with Crippen LogP contribution >= 0.6 is 11.6 Å². The Morgan fingerprint density at radius 3 is 2.70 bits per heavy atom. The van der Waals surface area contributed by atoms with Crippen LogP contribution in [-0.4, -0.2) is 17.0 Å². The van der Waals surface area contributed by atoms with Crippen LogP contribution in [0.4, 0.5) is 5.69 Å². The van der Waals surface area contributed by atoms with E-state index < -0.39 is 17.8 Å². The summed E-state index contributed by atoms with van der Waals surface area (Å²) in [4.78, 5) is 23.2. The van der Waals surface area contributed by atoms with Crippen molar-refractivity contribution in [3.05, 3.63) is 28.8 Å². The molecule has 1 saturated carbocycles. The Hall–Kier alpha value is -2.06. The Morgan fingerprint density at radius 1 is 1.35 bits per heavy atom. The van der Waals surface area contributed by atoms with Crippen molar-refractivity contribution in [2.75, 3.05) is 5.32 Å². The standard InChI is InChI=1S/C14H13ClN2O3/c15-12-5-4-9(6-8(12)7-16)17-13(18)10-2-1-3-11(10)14(19)20/h4-6,10-11H,1-3H2,(H,17,18)(H,19,20). The van der Waals surface area contributed by atoms with E-state index in [1.807, 2.05) is 6.07 Å². The number of hydrogen-bond acceptors (Lipinski definition) is 3. The summed E-state index contributed by atoms with van der Waals surface area (Å²) in [6.07, 6.45) is 1.83. The van der Waals surface area contributed by atoms with Gasteiger partial charge >= 0.3 is 5.97 Å². The molecule has 1 aromatic rings. The quantitative estimate of drug-likeness (QED) is 0.896. The molecule has 1 amide bonds. The fourth-order valence-electron chi connectivity index (χ4n) is 2.49. The first-order valence-corrected chi connectivity index (χ1v) is 6.64. The molecule has 1 aliphatic rings. The minimum absolute atomic E-state index is 0.269. The van der Waals surface area contributed by atoms with Crippen LogP contribution in [0.25, 0.3) is 0 Å². The van der Waals surface area contributed by atoms with Gasteiger partial charge in [-0.25, -0.2) is 0 Å². The number of amides is 1. The number of benzene rings is 1. The second kappa shape index (κ2) is 5.93. The average Bonchev–Trinajstić information content (AvgIpc) is 2.90. The van der Waals surface area contributed by atoms with Crippen molar-refractivity contribution in [3.63, 3.8) is 0 Å². The van der Waals surface area contributed by atoms with Gasteiger partial charge in [0.1, 0.15) is 6.07 Å². The first-order chi connectivity index (χ1) is 9.52. The number of hydrogen-bond donors (Lipinski definition) is 2. The minimum Gasteiger partial charge on any atom is -0.481 e. The molecule has 1 aromatic carbocycles. The third-order valence-corrected chi connectivity index (χ3v) is 3.85. The van der Waals surface area contributed by atoms with Crippen LogP contribution in [0.15, 0.2) is 18.2 Å². The van der Waals surface area contributed by atoms with E-state index in [0.717, 1.165) is 6.42 Å². The van der Waals surface area contributed by atoms with E-state index in [9.17, 15) is 9.59 Å². The number of anilines is 1. The molecule has 104 valence electrons. The van der Waals surface area contributed by atoms with Gasteiger partial charge in [0.25, 0.3) is 0 Å². The SMILES string of the molecule is N#Cc1cc(NC(=O)C2CCCC2C(=O)O)ccc1Cl. The Balaban J connectivity index is 2.12. The zero-order valence-corrected chi connectivity index (χ0v) is 11.4. The maximum Gasteiger partial charge on any atom is 0.307 e. The lowest BCUT2D eigenvalue weighted by Gasteiger charge is -2.15. The molecule has 0 bridgehead atoms. The summed E-state index contributed by atoms with van der Waals surface area (Å²) in [6.45, 7) is 0. The number of carboxylic acids is 1. The van der Waals surface area contributed by atoms with Crippen LogP contribution in [0.2, 0.25) is 5.02 Å². The van der Waals surface area contributed by atoms with Gasteiger partial charge in [-0.1, -0.05) is 18.0 Å². The number of nitriles is 1. The Kier molecular flexibility index (Phi) is 4.26. The molecule has 5 nitrogen and oxygen atoms in total. The molecule has 0 aliphatic heterocycles. The summed E-state index contributed by atoms with van der Waals surface area (Å²) in [5.41, 5.74) is 0.720. The van der Waals surface area contributed by atoms with Gasteiger partial charge in [-0.05, 0) is 31.0 Å². The molecule has 1 aliphatic carbocycles. The van der Waals surface area contributed by atoms with Gasteiger partial charge in [-0.2, -0.15) is 5.26 Å². The zero-order valence-electron chi connectivity index (χ0n) is 10.6. The van der Waals surface area contributed by atoms with Crippen molar-refractivity contribution < 1.29 is 14.7 Å². The van der Waals surface area contributed by atoms with Crippen molar-refractivity contribution in [2.24, 2.45) is 11.8 Å². The van der Waals surface area contributed by atoms with E-state index in [4.69, 9.17) is 22.0 Å². The molecule has 2 N–H and O–H groups in total. The maximum absolute atomic E-state index is 12.1. The molecule has 20 heavy (non-hydrogen) atoms. The van der Waals surface area contributed by atoms with E-state index in [1.54, 1.807) is 6.07 Å². The third-order valence-electron chi connectivity index (χ3n) is 3.52. The average molecular weight is 293 g/mol. The lowest BCUT2D eigenvalue weighted by Crippen LogP contribution is -2.30. The smallest absolute Gasteiger partial charge is 0.307 e. The Morgan fingerprint density at radius 2 is 2.05 bits per heavy atom. The maximum atomic E-state index is 12.1. The molecular weight excluding hydrogens is 280 g/mol. The molecule has 1 fully saturated rings. The van der Waals surface area contributed by atoms with Gasteiger partial charge in [0.05, 0.1) is 22.4 Å². The molecule has 0 aromatic heterocycles. The highest BCUT2D eigenvalue weighted by atomic mass is 35.5. The largest absolute Gasteiger partial charge is 0.481 e. The fourth-order valence-corrected chi connectivity index (χ4v) is 2.65. The van der Waals surface area contributed by atoms with E-state index in [-0.39, 0.29) is 11.5 Å². The highest BCUT2D eigenvalue weighted by molar-refractivity contribution is 6.31. The van der Waals surface area contributed by atoms with Crippen molar-refractivity contribution in [1.29, 1.82) is 5.26 Å². The second-order valence-electron chi connectivity index (χ2n) is 4.78. The molecule has 0 saturated heterocycles. The number of carboxylic acid groups (broad SMARTS) is 1. The number of nitrogens with one attached hydrogen (secondary N) is 1. The van der Waals surface area contributed by atoms with E-state index >= 15 is 0 Å². The number of nitrogens with zero attached hydrogens (tertiary/aromatic N) is 1. The fraction of sp³-hybridized carbons (Fsp3) is 0.357. The van der Waals surface area contributed by atoms with Crippen molar-refractivity contribution in [3.8, 4) is 6.07 Å². The summed E-state index contributed by atoms with van der Waals surface area (Å²) in [7, 11) is 0. The summed E-state index contributed by atoms with van der Waals surface area (Å²) in [6, 6.07) is 6.52. The predicted molar refractivity (Wildman–Crippen MR) is 73.3 cm³/mol. The van der Waals surface area contributed by atoms with Crippen LogP contribution in [0.3, 0.4) is 0 Å². The topological polar surface area (TPSA) is 90.2 Å². The number of rotatable bonds is 3. The lowest BCUT2D eigenvalue weighted by atomic mass is 9.95. The Bertz CT molecular complexity index is 595. The van der Waals surface area contributed by atoms with Gasteiger partial charge in [0.2, 0.25) is 5.91 Å². The summed E-state index contributed by atoms with van der Waals surface area (Å²) >= 11 is 5.81. The molecule has 0 spiro atoms. The highest BCUT2D eigenvalue weighted by Gasteiger charge is 2.37. The highest BCUT2D eigenvalue weighted by Crippen LogP contribution is 2.33. The van der Waals surface area contributed by atoms with Crippen LogP contribution in [0.1, 0.15) is 24.8 Å². The van der Waals surface area contributed by atoms with Gasteiger partial charge < -0.3 is 10.4 Å². The van der Waals surface area contributed by atoms with Gasteiger partial charge in [-0.3, -0.25) is 9.59 Å². The molecule has 0 radical (unpaired) electrons. The van der Waals surface area contributed by atoms with E-state index in [2.05, 4.69) is 5.32 Å². The summed E-state index contributed by atoms with van der Waals surface area (Å²) < 4.78 is 0. The summed E-state index contributed by atoms with van der Waals surface area (Å²) in [5.74, 6) is -2.40. The molecule has 0 heterocycles. The first-order valence-electron chi connectivity index (χ1n) is 6.26. The molecule has 6 heteroatoms. The monoisotopic (exact) mass is 292 g/mol. The van der Waals surface area contributed by atoms with Crippen molar-refractivity contribution in [1.82, 2.24) is 0 Å². The van der Waals surface area contributed by atoms with Crippen LogP contribution in [0, 0.1) is 23.2 Å². The van der Waals surface area contributed by atoms with Gasteiger partial charge in [0.15, 0.2) is 0 Å². The summed E-state index contributed by atoms with van der Waals surface area (Å²) in [5, 5.41) is 20.9. The van der Waals surface area contributed by atoms with Crippen molar-refractivity contribution >= 4 is 29.2 Å². The number of halogens is 1. The van der Waals surface area contributed by atoms with E-state index in [0.29, 0.717) is 23.6 Å². The van der Waals surface area contributed by atoms with Gasteiger partial charge in [0, 0.05) is 5.69 Å². The van der Waals surface area contributed by atoms with Crippen LogP contribution in [-0.2, 0) is 9.59 Å². The van der Waals surface area contributed by atoms with Crippen LogP contribution < -0.4 is 5.32 Å². The lowest BCUT2D eigenvalue weighted by molar-refractivity contribution is -0.145. The van der Waals surface area contributed by atoms with Gasteiger partial charge in [-0.15, -0.1) is 0 Å². The number of aliphatic carboxylic acids is 1. The molecular formula is C14H13ClN2O3. The number of carbonyl (C=O) groups is 2. The number of carbonyl (C=O) groups excluding carboxylic acids is 1. The van der Waals surface area contributed by atoms with Crippen molar-refractivity contribution in [2.45, 2.75) is 19.3 Å². The molecule has 2 rings (SSSR count). The van der Waals surface area contributed by atoms with Crippen LogP contribution in [0.5, 0.6) is 0 Å². The molecule has 2 unspecified atom stereocenters. The predicted octanol–water partition coefficient (Wildman–Crippen LogP) is 2.65. The second-order valence-corrected chi connectivity index (χ2v) is 5.19. The first kappa shape index (κ1) is 14.4. The Labute approximate surface area is 121 Å². The van der Waals surface area contributed by atoms with E-state index in [1.165, 1.54) is 12.1 Å².